The van der Waals surface area contributed by atoms with Crippen molar-refractivity contribution >= 4 is 11.7 Å². The van der Waals surface area contributed by atoms with E-state index in [9.17, 15) is 9.90 Å². The standard InChI is InChI=1S/C14H20N2O3/c1-10-7-13(12(8-15-10)14(17)18)16(2)9-11-5-3-4-6-19-11/h7-8,11H,3-6,9H2,1-2H3,(H,17,18). The normalized spacial score (nSPS) is 19.2. The number of nitrogens with zero attached hydrogens (tertiary/aromatic N) is 2. The van der Waals surface area contributed by atoms with Crippen LogP contribution in [-0.4, -0.2) is 42.4 Å². The van der Waals surface area contributed by atoms with E-state index in [1.54, 1.807) is 0 Å². The van der Waals surface area contributed by atoms with Crippen LogP contribution in [-0.2, 0) is 4.74 Å². The molecule has 19 heavy (non-hydrogen) atoms. The molecule has 1 saturated heterocycles. The minimum atomic E-state index is -0.945. The quantitative estimate of drug-likeness (QED) is 0.902. The molecule has 2 heterocycles. The van der Waals surface area contributed by atoms with Gasteiger partial charge in [0.1, 0.15) is 5.56 Å². The van der Waals surface area contributed by atoms with Crippen LogP contribution < -0.4 is 4.90 Å². The number of carboxylic acid groups (broad SMARTS) is 1. The lowest BCUT2D eigenvalue weighted by Crippen LogP contribution is -2.34. The van der Waals surface area contributed by atoms with Crippen molar-refractivity contribution < 1.29 is 14.6 Å². The number of anilines is 1. The fraction of sp³-hybridized carbons (Fsp3) is 0.571. The molecule has 5 heteroatoms. The van der Waals surface area contributed by atoms with Gasteiger partial charge in [-0.2, -0.15) is 0 Å². The van der Waals surface area contributed by atoms with Crippen LogP contribution in [0.25, 0.3) is 0 Å². The van der Waals surface area contributed by atoms with Gasteiger partial charge in [-0.25, -0.2) is 4.79 Å². The second-order valence-corrected chi connectivity index (χ2v) is 5.02. The van der Waals surface area contributed by atoms with Crippen molar-refractivity contribution in [2.24, 2.45) is 0 Å². The van der Waals surface area contributed by atoms with Crippen LogP contribution in [0.1, 0.15) is 35.3 Å². The van der Waals surface area contributed by atoms with Crippen molar-refractivity contribution in [1.29, 1.82) is 0 Å². The Morgan fingerprint density at radius 1 is 1.58 bits per heavy atom. The third-order valence-electron chi connectivity index (χ3n) is 3.41. The first-order valence-corrected chi connectivity index (χ1v) is 6.60. The van der Waals surface area contributed by atoms with E-state index in [0.29, 0.717) is 12.2 Å². The van der Waals surface area contributed by atoms with Crippen molar-refractivity contribution in [2.75, 3.05) is 25.1 Å². The van der Waals surface area contributed by atoms with E-state index >= 15 is 0 Å². The van der Waals surface area contributed by atoms with Crippen molar-refractivity contribution in [3.63, 3.8) is 0 Å². The average Bonchev–Trinajstić information content (AvgIpc) is 2.39. The third kappa shape index (κ3) is 3.44. The molecule has 1 aliphatic heterocycles. The summed E-state index contributed by atoms with van der Waals surface area (Å²) in [7, 11) is 1.90. The van der Waals surface area contributed by atoms with Crippen molar-refractivity contribution in [3.8, 4) is 0 Å². The molecule has 0 saturated carbocycles. The van der Waals surface area contributed by atoms with Gasteiger partial charge in [0.2, 0.25) is 0 Å². The molecule has 2 rings (SSSR count). The number of aromatic nitrogens is 1. The van der Waals surface area contributed by atoms with Gasteiger partial charge in [0, 0.05) is 32.1 Å². The topological polar surface area (TPSA) is 62.7 Å². The van der Waals surface area contributed by atoms with E-state index in [0.717, 1.165) is 25.1 Å². The summed E-state index contributed by atoms with van der Waals surface area (Å²) in [6.07, 6.45) is 4.95. The summed E-state index contributed by atoms with van der Waals surface area (Å²) in [5.41, 5.74) is 1.76. The number of ether oxygens (including phenoxy) is 1. The molecule has 1 aromatic heterocycles. The number of aryl methyl sites for hydroxylation is 1. The zero-order valence-corrected chi connectivity index (χ0v) is 11.4. The molecule has 0 bridgehead atoms. The monoisotopic (exact) mass is 264 g/mol. The molecule has 0 aliphatic carbocycles. The predicted octanol–water partition coefficient (Wildman–Crippen LogP) is 2.09. The number of rotatable bonds is 4. The average molecular weight is 264 g/mol. The molecule has 1 atom stereocenters. The van der Waals surface area contributed by atoms with Gasteiger partial charge in [0.25, 0.3) is 0 Å². The highest BCUT2D eigenvalue weighted by Crippen LogP contribution is 2.22. The fourth-order valence-electron chi connectivity index (χ4n) is 2.38. The number of likely N-dealkylation sites (N-methyl/N-ethyl adjacent to an activating group) is 1. The van der Waals surface area contributed by atoms with E-state index < -0.39 is 5.97 Å². The SMILES string of the molecule is Cc1cc(N(C)CC2CCCCO2)c(C(=O)O)cn1. The molecule has 0 spiro atoms. The lowest BCUT2D eigenvalue weighted by molar-refractivity contribution is 0.0215. The minimum absolute atomic E-state index is 0.189. The lowest BCUT2D eigenvalue weighted by atomic mass is 10.1. The number of hydrogen-bond acceptors (Lipinski definition) is 4. The molecule has 0 amide bonds. The Bertz CT molecular complexity index is 456. The first kappa shape index (κ1) is 13.8. The third-order valence-corrected chi connectivity index (χ3v) is 3.41. The first-order chi connectivity index (χ1) is 9.08. The number of aromatic carboxylic acids is 1. The molecule has 1 fully saturated rings. The van der Waals surface area contributed by atoms with Crippen molar-refractivity contribution in [3.05, 3.63) is 23.5 Å². The van der Waals surface area contributed by atoms with E-state index in [-0.39, 0.29) is 11.7 Å². The van der Waals surface area contributed by atoms with Crippen LogP contribution in [0.15, 0.2) is 12.3 Å². The summed E-state index contributed by atoms with van der Waals surface area (Å²) in [6.45, 7) is 3.38. The van der Waals surface area contributed by atoms with Gasteiger partial charge < -0.3 is 14.7 Å². The summed E-state index contributed by atoms with van der Waals surface area (Å²) in [5.74, 6) is -0.945. The molecular weight excluding hydrogens is 244 g/mol. The maximum absolute atomic E-state index is 11.2. The zero-order chi connectivity index (χ0) is 13.8. The number of pyridine rings is 1. The van der Waals surface area contributed by atoms with Crippen LogP contribution in [0.2, 0.25) is 0 Å². The van der Waals surface area contributed by atoms with Gasteiger partial charge in [-0.3, -0.25) is 4.98 Å². The first-order valence-electron chi connectivity index (χ1n) is 6.60. The van der Waals surface area contributed by atoms with Crippen molar-refractivity contribution in [2.45, 2.75) is 32.3 Å². The highest BCUT2D eigenvalue weighted by atomic mass is 16.5. The summed E-state index contributed by atoms with van der Waals surface area (Å²) in [6, 6.07) is 1.81. The Morgan fingerprint density at radius 2 is 2.37 bits per heavy atom. The van der Waals surface area contributed by atoms with E-state index in [2.05, 4.69) is 4.98 Å². The molecule has 0 radical (unpaired) electrons. The van der Waals surface area contributed by atoms with E-state index in [1.165, 1.54) is 12.6 Å². The Kier molecular flexibility index (Phi) is 4.37. The van der Waals surface area contributed by atoms with Crippen LogP contribution in [0, 0.1) is 6.92 Å². The summed E-state index contributed by atoms with van der Waals surface area (Å²) >= 11 is 0. The van der Waals surface area contributed by atoms with Crippen molar-refractivity contribution in [1.82, 2.24) is 4.98 Å². The molecule has 5 nitrogen and oxygen atoms in total. The second kappa shape index (κ2) is 6.02. The minimum Gasteiger partial charge on any atom is -0.478 e. The lowest BCUT2D eigenvalue weighted by Gasteiger charge is -2.29. The number of hydrogen-bond donors (Lipinski definition) is 1. The Labute approximate surface area is 113 Å². The predicted molar refractivity (Wildman–Crippen MR) is 72.8 cm³/mol. The van der Waals surface area contributed by atoms with Gasteiger partial charge in [0.15, 0.2) is 0 Å². The molecular formula is C14H20N2O3. The van der Waals surface area contributed by atoms with Gasteiger partial charge in [-0.15, -0.1) is 0 Å². The van der Waals surface area contributed by atoms with Crippen LogP contribution in [0.4, 0.5) is 5.69 Å². The molecule has 0 aromatic carbocycles. The molecule has 1 aliphatic rings. The molecule has 104 valence electrons. The van der Waals surface area contributed by atoms with Crippen LogP contribution in [0.5, 0.6) is 0 Å². The fourth-order valence-corrected chi connectivity index (χ4v) is 2.38. The van der Waals surface area contributed by atoms with Gasteiger partial charge in [-0.05, 0) is 32.3 Å². The zero-order valence-electron chi connectivity index (χ0n) is 11.4. The highest BCUT2D eigenvalue weighted by molar-refractivity contribution is 5.94. The smallest absolute Gasteiger partial charge is 0.339 e. The summed E-state index contributed by atoms with van der Waals surface area (Å²) < 4.78 is 5.70. The van der Waals surface area contributed by atoms with Crippen LogP contribution in [0.3, 0.4) is 0 Å². The second-order valence-electron chi connectivity index (χ2n) is 5.02. The summed E-state index contributed by atoms with van der Waals surface area (Å²) in [4.78, 5) is 17.2. The molecule has 1 unspecified atom stereocenters. The summed E-state index contributed by atoms with van der Waals surface area (Å²) in [5, 5.41) is 9.21. The van der Waals surface area contributed by atoms with Gasteiger partial charge >= 0.3 is 5.97 Å². The van der Waals surface area contributed by atoms with E-state index in [4.69, 9.17) is 4.74 Å². The van der Waals surface area contributed by atoms with Crippen LogP contribution >= 0.6 is 0 Å². The maximum Gasteiger partial charge on any atom is 0.339 e. The maximum atomic E-state index is 11.2. The Balaban J connectivity index is 2.14. The largest absolute Gasteiger partial charge is 0.478 e. The Hall–Kier alpha value is -1.62. The van der Waals surface area contributed by atoms with Gasteiger partial charge in [0.05, 0.1) is 11.8 Å². The number of carboxylic acids is 1. The number of carbonyl (C=O) groups is 1. The molecule has 1 aromatic rings. The highest BCUT2D eigenvalue weighted by Gasteiger charge is 2.19. The van der Waals surface area contributed by atoms with E-state index in [1.807, 2.05) is 24.9 Å². The van der Waals surface area contributed by atoms with Gasteiger partial charge in [-0.1, -0.05) is 0 Å². The Morgan fingerprint density at radius 3 is 3.00 bits per heavy atom. The molecule has 1 N–H and O–H groups in total.